The highest BCUT2D eigenvalue weighted by Gasteiger charge is 2.22. The number of carbonyl (C=O) groups is 2. The highest BCUT2D eigenvalue weighted by molar-refractivity contribution is 7.98. The summed E-state index contributed by atoms with van der Waals surface area (Å²) in [6, 6.07) is 7.70. The van der Waals surface area contributed by atoms with Crippen molar-refractivity contribution in [2.75, 3.05) is 50.8 Å². The topological polar surface area (TPSA) is 64.7 Å². The van der Waals surface area contributed by atoms with Gasteiger partial charge in [0, 0.05) is 43.3 Å². The van der Waals surface area contributed by atoms with Crippen molar-refractivity contribution < 1.29 is 9.59 Å². The molecule has 1 aromatic carbocycles. The molecule has 0 bridgehead atoms. The first-order valence-electron chi connectivity index (χ1n) is 7.92. The van der Waals surface area contributed by atoms with Gasteiger partial charge >= 0.3 is 6.03 Å². The maximum absolute atomic E-state index is 12.3. The lowest BCUT2D eigenvalue weighted by atomic mass is 10.3. The third kappa shape index (κ3) is 5.58. The predicted octanol–water partition coefficient (Wildman–Crippen LogP) is 1.86. The van der Waals surface area contributed by atoms with Crippen LogP contribution in [0.2, 0.25) is 0 Å². The van der Waals surface area contributed by atoms with E-state index >= 15 is 0 Å². The fourth-order valence-corrected chi connectivity index (χ4v) is 2.92. The molecule has 1 fully saturated rings. The van der Waals surface area contributed by atoms with Crippen LogP contribution in [0.3, 0.4) is 0 Å². The normalized spacial score (nSPS) is 15.0. The molecule has 2 rings (SSSR count). The van der Waals surface area contributed by atoms with Gasteiger partial charge in [0.1, 0.15) is 0 Å². The second-order valence-corrected chi connectivity index (χ2v) is 6.40. The van der Waals surface area contributed by atoms with Crippen LogP contribution in [0.5, 0.6) is 0 Å². The van der Waals surface area contributed by atoms with Crippen LogP contribution in [0.25, 0.3) is 0 Å². The number of amides is 3. The SMILES string of the molecule is C=CCNC(=O)CN1CCN(C(=O)Nc2cccc(SC)c2)CC1. The quantitative estimate of drug-likeness (QED) is 0.608. The fourth-order valence-electron chi connectivity index (χ4n) is 2.46. The number of hydrogen-bond acceptors (Lipinski definition) is 4. The van der Waals surface area contributed by atoms with Gasteiger partial charge in [-0.2, -0.15) is 0 Å². The molecule has 1 saturated heterocycles. The summed E-state index contributed by atoms with van der Waals surface area (Å²) < 4.78 is 0. The first kappa shape index (κ1) is 18.4. The summed E-state index contributed by atoms with van der Waals surface area (Å²) >= 11 is 1.64. The van der Waals surface area contributed by atoms with Gasteiger partial charge in [-0.05, 0) is 24.5 Å². The Kier molecular flexibility index (Phi) is 7.14. The molecule has 1 aliphatic heterocycles. The molecule has 0 saturated carbocycles. The predicted molar refractivity (Wildman–Crippen MR) is 98.5 cm³/mol. The highest BCUT2D eigenvalue weighted by Crippen LogP contribution is 2.19. The van der Waals surface area contributed by atoms with Crippen molar-refractivity contribution in [3.63, 3.8) is 0 Å². The second kappa shape index (κ2) is 9.34. The Hall–Kier alpha value is -1.99. The van der Waals surface area contributed by atoms with E-state index in [1.54, 1.807) is 22.7 Å². The Bertz CT molecular complexity index is 586. The van der Waals surface area contributed by atoms with E-state index in [4.69, 9.17) is 0 Å². The molecule has 0 spiro atoms. The van der Waals surface area contributed by atoms with Gasteiger partial charge < -0.3 is 15.5 Å². The van der Waals surface area contributed by atoms with Gasteiger partial charge in [-0.1, -0.05) is 12.1 Å². The Balaban J connectivity index is 1.77. The summed E-state index contributed by atoms with van der Waals surface area (Å²) in [5.74, 6) is -0.0123. The van der Waals surface area contributed by atoms with Crippen LogP contribution in [0.15, 0.2) is 41.8 Å². The third-order valence-corrected chi connectivity index (χ3v) is 4.52. The van der Waals surface area contributed by atoms with E-state index in [0.29, 0.717) is 39.3 Å². The van der Waals surface area contributed by atoms with Crippen LogP contribution in [-0.4, -0.2) is 67.3 Å². The zero-order valence-electron chi connectivity index (χ0n) is 14.0. The van der Waals surface area contributed by atoms with Gasteiger partial charge in [-0.25, -0.2) is 4.79 Å². The number of anilines is 1. The van der Waals surface area contributed by atoms with Crippen LogP contribution < -0.4 is 10.6 Å². The van der Waals surface area contributed by atoms with Gasteiger partial charge in [0.2, 0.25) is 5.91 Å². The number of nitrogens with zero attached hydrogens (tertiary/aromatic N) is 2. The van der Waals surface area contributed by atoms with Gasteiger partial charge in [0.05, 0.1) is 6.54 Å². The van der Waals surface area contributed by atoms with E-state index in [2.05, 4.69) is 22.1 Å². The molecule has 130 valence electrons. The number of rotatable bonds is 6. The Morgan fingerprint density at radius 2 is 2.04 bits per heavy atom. The smallest absolute Gasteiger partial charge is 0.321 e. The second-order valence-electron chi connectivity index (χ2n) is 5.52. The zero-order valence-corrected chi connectivity index (χ0v) is 14.8. The van der Waals surface area contributed by atoms with E-state index in [0.717, 1.165) is 10.6 Å². The minimum absolute atomic E-state index is 0.0123. The van der Waals surface area contributed by atoms with Crippen molar-refractivity contribution >= 4 is 29.4 Å². The van der Waals surface area contributed by atoms with Gasteiger partial charge in [-0.3, -0.25) is 9.69 Å². The lowest BCUT2D eigenvalue weighted by Crippen LogP contribution is -2.52. The van der Waals surface area contributed by atoms with Crippen LogP contribution in [0.1, 0.15) is 0 Å². The number of nitrogens with one attached hydrogen (secondary N) is 2. The molecule has 0 aliphatic carbocycles. The average molecular weight is 348 g/mol. The first-order valence-corrected chi connectivity index (χ1v) is 9.15. The number of carbonyl (C=O) groups excluding carboxylic acids is 2. The minimum Gasteiger partial charge on any atom is -0.352 e. The highest BCUT2D eigenvalue weighted by atomic mass is 32.2. The summed E-state index contributed by atoms with van der Waals surface area (Å²) in [5, 5.41) is 5.70. The summed E-state index contributed by atoms with van der Waals surface area (Å²) in [6.07, 6.45) is 3.66. The lowest BCUT2D eigenvalue weighted by Gasteiger charge is -2.34. The molecule has 1 aliphatic rings. The van der Waals surface area contributed by atoms with E-state index in [1.165, 1.54) is 0 Å². The maximum atomic E-state index is 12.3. The van der Waals surface area contributed by atoms with E-state index < -0.39 is 0 Å². The molecule has 0 atom stereocenters. The van der Waals surface area contributed by atoms with Crippen molar-refractivity contribution in [3.05, 3.63) is 36.9 Å². The van der Waals surface area contributed by atoms with Crippen molar-refractivity contribution in [1.29, 1.82) is 0 Å². The molecule has 0 unspecified atom stereocenters. The number of piperazine rings is 1. The van der Waals surface area contributed by atoms with Gasteiger partial charge in [0.25, 0.3) is 0 Å². The van der Waals surface area contributed by atoms with E-state index in [1.807, 2.05) is 30.5 Å². The van der Waals surface area contributed by atoms with Crippen LogP contribution >= 0.6 is 11.8 Å². The number of hydrogen-bond donors (Lipinski definition) is 2. The van der Waals surface area contributed by atoms with Gasteiger partial charge in [0.15, 0.2) is 0 Å². The molecule has 2 N–H and O–H groups in total. The van der Waals surface area contributed by atoms with Crippen molar-refractivity contribution in [3.8, 4) is 0 Å². The van der Waals surface area contributed by atoms with Crippen molar-refractivity contribution in [1.82, 2.24) is 15.1 Å². The molecule has 24 heavy (non-hydrogen) atoms. The summed E-state index contributed by atoms with van der Waals surface area (Å²) in [7, 11) is 0. The Morgan fingerprint density at radius 3 is 2.71 bits per heavy atom. The van der Waals surface area contributed by atoms with Crippen LogP contribution in [-0.2, 0) is 4.79 Å². The largest absolute Gasteiger partial charge is 0.352 e. The first-order chi connectivity index (χ1) is 11.6. The Morgan fingerprint density at radius 1 is 1.29 bits per heavy atom. The van der Waals surface area contributed by atoms with E-state index in [9.17, 15) is 9.59 Å². The maximum Gasteiger partial charge on any atom is 0.321 e. The van der Waals surface area contributed by atoms with E-state index in [-0.39, 0.29) is 11.9 Å². The lowest BCUT2D eigenvalue weighted by molar-refractivity contribution is -0.122. The number of urea groups is 1. The van der Waals surface area contributed by atoms with Gasteiger partial charge in [-0.15, -0.1) is 18.3 Å². The monoisotopic (exact) mass is 348 g/mol. The summed E-state index contributed by atoms with van der Waals surface area (Å²) in [6.45, 7) is 7.03. The zero-order chi connectivity index (χ0) is 17.4. The molecular weight excluding hydrogens is 324 g/mol. The molecule has 7 heteroatoms. The number of thioether (sulfide) groups is 1. The summed E-state index contributed by atoms with van der Waals surface area (Å²) in [5.41, 5.74) is 0.804. The standard InChI is InChI=1S/C17H24N4O2S/c1-3-7-18-16(22)13-20-8-10-21(11-9-20)17(23)19-14-5-4-6-15(12-14)24-2/h3-6,12H,1,7-11,13H2,2H3,(H,18,22)(H,19,23). The molecule has 1 heterocycles. The number of benzene rings is 1. The Labute approximate surface area is 147 Å². The molecule has 3 amide bonds. The molecule has 1 aromatic rings. The van der Waals surface area contributed by atoms with Crippen LogP contribution in [0.4, 0.5) is 10.5 Å². The third-order valence-electron chi connectivity index (χ3n) is 3.79. The fraction of sp³-hybridized carbons (Fsp3) is 0.412. The van der Waals surface area contributed by atoms with Crippen molar-refractivity contribution in [2.45, 2.75) is 4.90 Å². The molecule has 6 nitrogen and oxygen atoms in total. The summed E-state index contributed by atoms with van der Waals surface area (Å²) in [4.78, 5) is 29.0. The average Bonchev–Trinajstić information content (AvgIpc) is 2.60. The van der Waals surface area contributed by atoms with Crippen molar-refractivity contribution in [2.24, 2.45) is 0 Å². The molecule has 0 radical (unpaired) electrons. The molecule has 0 aromatic heterocycles. The van der Waals surface area contributed by atoms with Crippen LogP contribution in [0, 0.1) is 0 Å². The molecular formula is C17H24N4O2S. The minimum atomic E-state index is -0.0935.